The molecule has 0 heteroatoms. The first-order valence-corrected chi connectivity index (χ1v) is 24.8. The molecule has 0 N–H and O–H groups in total. The number of fused-ring (bicyclic) bond motifs is 12. The summed E-state index contributed by atoms with van der Waals surface area (Å²) in [5.74, 6) is 0. The van der Waals surface area contributed by atoms with E-state index < -0.39 is 10.8 Å². The van der Waals surface area contributed by atoms with Crippen molar-refractivity contribution in [2.24, 2.45) is 0 Å². The van der Waals surface area contributed by atoms with Gasteiger partial charge in [0.1, 0.15) is 0 Å². The highest BCUT2D eigenvalue weighted by atomic mass is 14.5. The van der Waals surface area contributed by atoms with Gasteiger partial charge in [-0.2, -0.15) is 0 Å². The van der Waals surface area contributed by atoms with Crippen LogP contribution in [-0.4, -0.2) is 0 Å². The maximum absolute atomic E-state index is 2.50. The van der Waals surface area contributed by atoms with Gasteiger partial charge in [0.05, 0.1) is 10.8 Å². The first-order chi connectivity index (χ1) is 34.7. The van der Waals surface area contributed by atoms with E-state index in [1.54, 1.807) is 0 Å². The zero-order chi connectivity index (χ0) is 46.0. The van der Waals surface area contributed by atoms with Crippen LogP contribution in [0.1, 0.15) is 66.8 Å². The van der Waals surface area contributed by atoms with Gasteiger partial charge < -0.3 is 0 Å². The summed E-state index contributed by atoms with van der Waals surface area (Å²) in [5, 5.41) is 15.3. The van der Waals surface area contributed by atoms with E-state index in [0.29, 0.717) is 0 Å². The van der Waals surface area contributed by atoms with Crippen molar-refractivity contribution < 1.29 is 0 Å². The normalized spacial score (nSPS) is 14.4. The molecule has 2 aliphatic carbocycles. The Hall–Kier alpha value is -8.58. The van der Waals surface area contributed by atoms with E-state index in [0.717, 1.165) is 12.8 Å². The summed E-state index contributed by atoms with van der Waals surface area (Å²) >= 11 is 0. The lowest BCUT2D eigenvalue weighted by molar-refractivity contribution is 0.695. The van der Waals surface area contributed by atoms with E-state index >= 15 is 0 Å². The zero-order valence-corrected chi connectivity index (χ0v) is 38.7. The second-order valence-electron chi connectivity index (χ2n) is 19.8. The third-order valence-electron chi connectivity index (χ3n) is 16.5. The first kappa shape index (κ1) is 39.4. The highest BCUT2D eigenvalue weighted by Crippen LogP contribution is 2.56. The van der Waals surface area contributed by atoms with E-state index in [4.69, 9.17) is 0 Å². The highest BCUT2D eigenvalue weighted by molar-refractivity contribution is 6.15. The van der Waals surface area contributed by atoms with Crippen LogP contribution < -0.4 is 0 Å². The van der Waals surface area contributed by atoms with E-state index in [2.05, 4.69) is 255 Å². The molecule has 0 aromatic heterocycles. The summed E-state index contributed by atoms with van der Waals surface area (Å²) in [6.07, 6.45) is 1.79. The van der Waals surface area contributed by atoms with Gasteiger partial charge in [-0.3, -0.25) is 0 Å². The molecule has 0 saturated heterocycles. The fraction of sp³-hybridized carbons (Fsp3) is 0.0571. The molecular formula is C70H46. The number of benzene rings is 13. The van der Waals surface area contributed by atoms with Crippen molar-refractivity contribution in [2.75, 3.05) is 0 Å². The van der Waals surface area contributed by atoms with Gasteiger partial charge >= 0.3 is 0 Å². The minimum atomic E-state index is -0.606. The molecule has 0 unspecified atom stereocenters. The second-order valence-corrected chi connectivity index (χ2v) is 19.8. The van der Waals surface area contributed by atoms with Crippen molar-refractivity contribution in [2.45, 2.75) is 23.7 Å². The molecule has 0 spiro atoms. The Morgan fingerprint density at radius 1 is 0.200 bits per heavy atom. The van der Waals surface area contributed by atoms with Gasteiger partial charge in [0.2, 0.25) is 0 Å². The molecule has 13 aromatic rings. The summed E-state index contributed by atoms with van der Waals surface area (Å²) in [6.45, 7) is 0. The van der Waals surface area contributed by atoms with Crippen molar-refractivity contribution in [1.29, 1.82) is 0 Å². The molecule has 2 aliphatic rings. The van der Waals surface area contributed by atoms with E-state index in [1.165, 1.54) is 131 Å². The van der Waals surface area contributed by atoms with Crippen LogP contribution >= 0.6 is 0 Å². The topological polar surface area (TPSA) is 0 Å². The molecular weight excluding hydrogens is 841 g/mol. The van der Waals surface area contributed by atoms with Gasteiger partial charge in [-0.05, 0) is 169 Å². The van der Waals surface area contributed by atoms with Crippen LogP contribution in [0.3, 0.4) is 0 Å². The van der Waals surface area contributed by atoms with Crippen LogP contribution in [0, 0.1) is 0 Å². The summed E-state index contributed by atoms with van der Waals surface area (Å²) in [7, 11) is 0. The van der Waals surface area contributed by atoms with E-state index in [9.17, 15) is 0 Å². The summed E-state index contributed by atoms with van der Waals surface area (Å²) in [5.41, 5.74) is 14.8. The lowest BCUT2D eigenvalue weighted by Crippen LogP contribution is -2.38. The van der Waals surface area contributed by atoms with Gasteiger partial charge in [-0.15, -0.1) is 0 Å². The van der Waals surface area contributed by atoms with Crippen LogP contribution in [0.25, 0.3) is 64.6 Å². The monoisotopic (exact) mass is 886 g/mol. The number of hydrogen-bond donors (Lipinski definition) is 0. The van der Waals surface area contributed by atoms with E-state index in [1.807, 2.05) is 0 Å². The van der Waals surface area contributed by atoms with Crippen LogP contribution in [-0.2, 0) is 23.7 Å². The molecule has 15 rings (SSSR count). The predicted octanol–water partition coefficient (Wildman–Crippen LogP) is 17.2. The average Bonchev–Trinajstić information content (AvgIpc) is 3.43. The Morgan fingerprint density at radius 3 is 0.886 bits per heavy atom. The van der Waals surface area contributed by atoms with Crippen LogP contribution in [0.4, 0.5) is 0 Å². The molecule has 0 atom stereocenters. The molecule has 0 amide bonds. The van der Waals surface area contributed by atoms with Crippen LogP contribution in [0.2, 0.25) is 0 Å². The van der Waals surface area contributed by atoms with Crippen molar-refractivity contribution in [1.82, 2.24) is 0 Å². The van der Waals surface area contributed by atoms with Crippen LogP contribution in [0.15, 0.2) is 255 Å². The first-order valence-electron chi connectivity index (χ1n) is 24.8. The lowest BCUT2D eigenvalue weighted by atomic mass is 9.57. The van der Waals surface area contributed by atoms with Gasteiger partial charge in [-0.1, -0.05) is 231 Å². The Kier molecular flexibility index (Phi) is 8.42. The quantitative estimate of drug-likeness (QED) is 0.122. The molecule has 0 heterocycles. The Bertz CT molecular complexity index is 3930. The maximum Gasteiger partial charge on any atom is 0.0713 e. The molecule has 0 bridgehead atoms. The van der Waals surface area contributed by atoms with Gasteiger partial charge in [0, 0.05) is 0 Å². The summed E-state index contributed by atoms with van der Waals surface area (Å²) in [4.78, 5) is 0. The molecule has 0 fully saturated rings. The minimum Gasteiger partial charge on any atom is -0.0620 e. The molecule has 70 heavy (non-hydrogen) atoms. The van der Waals surface area contributed by atoms with E-state index in [-0.39, 0.29) is 0 Å². The molecule has 0 aliphatic heterocycles. The molecule has 326 valence electrons. The zero-order valence-electron chi connectivity index (χ0n) is 38.7. The van der Waals surface area contributed by atoms with Gasteiger partial charge in [-0.25, -0.2) is 0 Å². The van der Waals surface area contributed by atoms with Gasteiger partial charge in [0.15, 0.2) is 0 Å². The summed E-state index contributed by atoms with van der Waals surface area (Å²) in [6, 6.07) is 97.6. The highest BCUT2D eigenvalue weighted by Gasteiger charge is 2.47. The Balaban J connectivity index is 1.03. The molecule has 0 radical (unpaired) electrons. The van der Waals surface area contributed by atoms with Crippen molar-refractivity contribution in [3.8, 4) is 0 Å². The maximum atomic E-state index is 2.50. The SMILES string of the molecule is c1ccc2c(c1)Cc1ccccc1C2(c1ccc(C2(c3cccc4c3ccc3cc5ccccc5cc34)c3ccccc3Cc3ccccc32)cc1)c1cccc2c1ccc1cc3ccccc3cc12. The standard InChI is InChI=1S/C70H46/c1-3-17-47-43-61-49(39-45(47)15-1)31-37-59-57(61)23-13-29-67(59)69(63-25-9-5-19-51(63)41-52-20-6-10-26-64(52)69)55-33-35-56(36-34-55)70(65-27-11-7-21-53(65)42-54-22-8-12-28-66(54)70)68-30-14-24-58-60(68)38-32-50-40-46-16-2-4-18-48(46)44-62(50)58/h1-40,43-44H,41-42H2. The predicted molar refractivity (Wildman–Crippen MR) is 294 cm³/mol. The molecule has 0 nitrogen and oxygen atoms in total. The number of rotatable bonds is 4. The third kappa shape index (κ3) is 5.42. The summed E-state index contributed by atoms with van der Waals surface area (Å²) < 4.78 is 0. The lowest BCUT2D eigenvalue weighted by Gasteiger charge is -2.44. The largest absolute Gasteiger partial charge is 0.0713 e. The second kappa shape index (κ2) is 15.0. The van der Waals surface area contributed by atoms with Crippen molar-refractivity contribution >= 4 is 64.6 Å². The minimum absolute atomic E-state index is 0.606. The van der Waals surface area contributed by atoms with Gasteiger partial charge in [0.25, 0.3) is 0 Å². The molecule has 13 aromatic carbocycles. The van der Waals surface area contributed by atoms with Crippen molar-refractivity contribution in [3.63, 3.8) is 0 Å². The average molecular weight is 887 g/mol. The fourth-order valence-corrected chi connectivity index (χ4v) is 13.6. The molecule has 0 saturated carbocycles. The smallest absolute Gasteiger partial charge is 0.0620 e. The fourth-order valence-electron chi connectivity index (χ4n) is 13.6. The Morgan fingerprint density at radius 2 is 0.514 bits per heavy atom. The Labute approximate surface area is 407 Å². The van der Waals surface area contributed by atoms with Crippen molar-refractivity contribution in [3.05, 3.63) is 322 Å². The number of hydrogen-bond acceptors (Lipinski definition) is 0. The van der Waals surface area contributed by atoms with Crippen LogP contribution in [0.5, 0.6) is 0 Å². The third-order valence-corrected chi connectivity index (χ3v) is 16.5.